The molecule has 0 aromatic heterocycles. The van der Waals surface area contributed by atoms with E-state index in [-0.39, 0.29) is 12.6 Å². The first-order valence-corrected chi connectivity index (χ1v) is 3.93. The molecule has 64 valence electrons. The maximum absolute atomic E-state index is 8.85. The van der Waals surface area contributed by atoms with Gasteiger partial charge < -0.3 is 10.4 Å². The van der Waals surface area contributed by atoms with Crippen LogP contribution in [0.5, 0.6) is 0 Å². The summed E-state index contributed by atoms with van der Waals surface area (Å²) >= 11 is 0. The highest BCUT2D eigenvalue weighted by Crippen LogP contribution is 1.99. The summed E-state index contributed by atoms with van der Waals surface area (Å²) in [4.78, 5) is 0. The lowest BCUT2D eigenvalue weighted by atomic mass is 10.1. The van der Waals surface area contributed by atoms with Crippen molar-refractivity contribution in [2.24, 2.45) is 5.92 Å². The Kier molecular flexibility index (Phi) is 5.81. The Hall–Kier alpha value is -0.590. The normalized spacial score (nSPS) is 13.0. The fourth-order valence-corrected chi connectivity index (χ4v) is 0.825. The fourth-order valence-electron chi connectivity index (χ4n) is 0.825. The van der Waals surface area contributed by atoms with Crippen LogP contribution in [0.4, 0.5) is 0 Å². The van der Waals surface area contributed by atoms with E-state index in [0.29, 0.717) is 18.9 Å². The molecule has 11 heavy (non-hydrogen) atoms. The number of aliphatic hydroxyl groups excluding tert-OH is 1. The second-order valence-electron chi connectivity index (χ2n) is 2.90. The van der Waals surface area contributed by atoms with E-state index in [1.54, 1.807) is 0 Å². The van der Waals surface area contributed by atoms with Gasteiger partial charge in [-0.15, -0.1) is 0 Å². The van der Waals surface area contributed by atoms with Crippen LogP contribution in [0.1, 0.15) is 20.3 Å². The van der Waals surface area contributed by atoms with E-state index in [1.165, 1.54) is 0 Å². The highest BCUT2D eigenvalue weighted by molar-refractivity contribution is 4.74. The van der Waals surface area contributed by atoms with Gasteiger partial charge in [-0.2, -0.15) is 5.26 Å². The molecule has 0 aliphatic carbocycles. The first-order chi connectivity index (χ1) is 5.22. The van der Waals surface area contributed by atoms with Crippen LogP contribution in [0.25, 0.3) is 0 Å². The summed E-state index contributed by atoms with van der Waals surface area (Å²) in [6.07, 6.45) is 0.503. The lowest BCUT2D eigenvalue weighted by Crippen LogP contribution is -2.37. The van der Waals surface area contributed by atoms with Crippen LogP contribution in [0.2, 0.25) is 0 Å². The monoisotopic (exact) mass is 156 g/mol. The van der Waals surface area contributed by atoms with Crippen LogP contribution in [-0.2, 0) is 0 Å². The number of nitrogens with one attached hydrogen (secondary N) is 1. The largest absolute Gasteiger partial charge is 0.395 e. The van der Waals surface area contributed by atoms with Gasteiger partial charge in [0, 0.05) is 19.0 Å². The van der Waals surface area contributed by atoms with Crippen molar-refractivity contribution in [3.8, 4) is 6.07 Å². The van der Waals surface area contributed by atoms with Gasteiger partial charge in [0.05, 0.1) is 12.7 Å². The summed E-state index contributed by atoms with van der Waals surface area (Å²) in [6, 6.07) is 2.17. The minimum atomic E-state index is 0.128. The van der Waals surface area contributed by atoms with E-state index in [2.05, 4.69) is 5.32 Å². The van der Waals surface area contributed by atoms with Gasteiger partial charge in [0.1, 0.15) is 0 Å². The Bertz CT molecular complexity index is 129. The standard InChI is InChI=1S/C8H16N2O/c1-7(2)8(6-11)10-5-3-4-9/h7-8,10-11H,3,5-6H2,1-2H3. The summed E-state index contributed by atoms with van der Waals surface area (Å²) in [5, 5.41) is 20.2. The molecule has 1 atom stereocenters. The van der Waals surface area contributed by atoms with Crippen molar-refractivity contribution in [1.82, 2.24) is 5.32 Å². The van der Waals surface area contributed by atoms with E-state index in [1.807, 2.05) is 19.9 Å². The number of hydrogen-bond donors (Lipinski definition) is 2. The van der Waals surface area contributed by atoms with E-state index < -0.39 is 0 Å². The van der Waals surface area contributed by atoms with Crippen molar-refractivity contribution in [3.63, 3.8) is 0 Å². The minimum absolute atomic E-state index is 0.128. The molecule has 3 heteroatoms. The van der Waals surface area contributed by atoms with Gasteiger partial charge in [-0.3, -0.25) is 0 Å². The average molecular weight is 156 g/mol. The summed E-state index contributed by atoms with van der Waals surface area (Å²) in [5.41, 5.74) is 0. The van der Waals surface area contributed by atoms with E-state index in [4.69, 9.17) is 10.4 Å². The predicted molar refractivity (Wildman–Crippen MR) is 43.9 cm³/mol. The molecule has 0 spiro atoms. The van der Waals surface area contributed by atoms with Gasteiger partial charge in [-0.1, -0.05) is 13.8 Å². The summed E-state index contributed by atoms with van der Waals surface area (Å²) in [6.45, 7) is 4.89. The highest BCUT2D eigenvalue weighted by atomic mass is 16.3. The topological polar surface area (TPSA) is 56.0 Å². The molecule has 0 fully saturated rings. The van der Waals surface area contributed by atoms with Crippen LogP contribution in [0.3, 0.4) is 0 Å². The number of rotatable bonds is 5. The SMILES string of the molecule is CC(C)C(CO)NCCC#N. The Morgan fingerprint density at radius 3 is 2.55 bits per heavy atom. The van der Waals surface area contributed by atoms with Crippen molar-refractivity contribution < 1.29 is 5.11 Å². The summed E-state index contributed by atoms with van der Waals surface area (Å²) in [7, 11) is 0. The van der Waals surface area contributed by atoms with Gasteiger partial charge in [0.15, 0.2) is 0 Å². The van der Waals surface area contributed by atoms with Crippen LogP contribution >= 0.6 is 0 Å². The Morgan fingerprint density at radius 2 is 2.18 bits per heavy atom. The fraction of sp³-hybridized carbons (Fsp3) is 0.875. The molecule has 0 aliphatic rings. The average Bonchev–Trinajstić information content (AvgIpc) is 1.97. The molecule has 0 saturated heterocycles. The smallest absolute Gasteiger partial charge is 0.0635 e. The molecule has 0 amide bonds. The third kappa shape index (κ3) is 4.77. The van der Waals surface area contributed by atoms with Gasteiger partial charge in [0.2, 0.25) is 0 Å². The maximum atomic E-state index is 8.85. The second-order valence-corrected chi connectivity index (χ2v) is 2.90. The van der Waals surface area contributed by atoms with Crippen LogP contribution in [-0.4, -0.2) is 24.3 Å². The second kappa shape index (κ2) is 6.14. The molecule has 0 rings (SSSR count). The van der Waals surface area contributed by atoms with Crippen molar-refractivity contribution in [2.75, 3.05) is 13.2 Å². The van der Waals surface area contributed by atoms with Gasteiger partial charge >= 0.3 is 0 Å². The lowest BCUT2D eigenvalue weighted by Gasteiger charge is -2.18. The molecule has 2 N–H and O–H groups in total. The quantitative estimate of drug-likeness (QED) is 0.570. The summed E-state index contributed by atoms with van der Waals surface area (Å²) < 4.78 is 0. The number of aliphatic hydroxyl groups is 1. The zero-order valence-electron chi connectivity index (χ0n) is 7.17. The third-order valence-electron chi connectivity index (χ3n) is 1.64. The molecule has 0 saturated carbocycles. The maximum Gasteiger partial charge on any atom is 0.0635 e. The molecule has 0 aromatic carbocycles. The van der Waals surface area contributed by atoms with E-state index >= 15 is 0 Å². The van der Waals surface area contributed by atoms with Crippen molar-refractivity contribution in [1.29, 1.82) is 5.26 Å². The van der Waals surface area contributed by atoms with Crippen LogP contribution < -0.4 is 5.32 Å². The molecule has 0 aromatic rings. The first kappa shape index (κ1) is 10.4. The Morgan fingerprint density at radius 1 is 1.55 bits per heavy atom. The van der Waals surface area contributed by atoms with Crippen LogP contribution in [0, 0.1) is 17.2 Å². The molecule has 0 radical (unpaired) electrons. The van der Waals surface area contributed by atoms with Gasteiger partial charge in [-0.05, 0) is 5.92 Å². The van der Waals surface area contributed by atoms with Crippen molar-refractivity contribution in [3.05, 3.63) is 0 Å². The molecular formula is C8H16N2O. The highest BCUT2D eigenvalue weighted by Gasteiger charge is 2.09. The molecule has 0 bridgehead atoms. The van der Waals surface area contributed by atoms with Crippen LogP contribution in [0.15, 0.2) is 0 Å². The number of nitriles is 1. The van der Waals surface area contributed by atoms with E-state index in [0.717, 1.165) is 0 Å². The number of hydrogen-bond acceptors (Lipinski definition) is 3. The van der Waals surface area contributed by atoms with Gasteiger partial charge in [-0.25, -0.2) is 0 Å². The zero-order chi connectivity index (χ0) is 8.69. The molecular weight excluding hydrogens is 140 g/mol. The lowest BCUT2D eigenvalue weighted by molar-refractivity contribution is 0.212. The van der Waals surface area contributed by atoms with Gasteiger partial charge in [0.25, 0.3) is 0 Å². The predicted octanol–water partition coefficient (Wildman–Crippen LogP) is 0.507. The number of nitrogens with zero attached hydrogens (tertiary/aromatic N) is 1. The third-order valence-corrected chi connectivity index (χ3v) is 1.64. The Balaban J connectivity index is 3.46. The molecule has 0 aliphatic heterocycles. The minimum Gasteiger partial charge on any atom is -0.395 e. The molecule has 1 unspecified atom stereocenters. The van der Waals surface area contributed by atoms with E-state index in [9.17, 15) is 0 Å². The summed E-state index contributed by atoms with van der Waals surface area (Å²) in [5.74, 6) is 0.415. The van der Waals surface area contributed by atoms with Crippen molar-refractivity contribution in [2.45, 2.75) is 26.3 Å². The Labute approximate surface area is 68.0 Å². The first-order valence-electron chi connectivity index (χ1n) is 3.93. The molecule has 3 nitrogen and oxygen atoms in total. The van der Waals surface area contributed by atoms with Crippen molar-refractivity contribution >= 4 is 0 Å². The zero-order valence-corrected chi connectivity index (χ0v) is 7.17. The molecule has 0 heterocycles.